The standard InChI is InChI=1S/C21H27N3O7S/c1-14(2)10-16-12-17(24(28)29)8-9-20(16)32(30,31)22-13-19(25)18(23-21(26)27)11-15-6-4-3-5-7-15/h3-9,12,14,18-19,22-23,25H,10-11,13H2,1-2H3,(H,26,27)/t18-,19+/m0/s1. The Bertz CT molecular complexity index is 1040. The van der Waals surface area contributed by atoms with Crippen LogP contribution in [0, 0.1) is 16.0 Å². The molecule has 0 saturated heterocycles. The van der Waals surface area contributed by atoms with Crippen molar-refractivity contribution in [3.63, 3.8) is 0 Å². The predicted octanol–water partition coefficient (Wildman–Crippen LogP) is 2.31. The molecule has 4 N–H and O–H groups in total. The maximum Gasteiger partial charge on any atom is 0.404 e. The number of benzene rings is 2. The predicted molar refractivity (Wildman–Crippen MR) is 118 cm³/mol. The molecule has 2 aromatic rings. The molecule has 0 radical (unpaired) electrons. The normalized spacial score (nSPS) is 13.5. The molecule has 0 spiro atoms. The van der Waals surface area contributed by atoms with Crippen LogP contribution in [0.3, 0.4) is 0 Å². The summed E-state index contributed by atoms with van der Waals surface area (Å²) in [7, 11) is -4.12. The third kappa shape index (κ3) is 7.29. The Labute approximate surface area is 186 Å². The van der Waals surface area contributed by atoms with Gasteiger partial charge in [0, 0.05) is 18.7 Å². The highest BCUT2D eigenvalue weighted by molar-refractivity contribution is 7.89. The van der Waals surface area contributed by atoms with Gasteiger partial charge >= 0.3 is 6.09 Å². The van der Waals surface area contributed by atoms with Gasteiger partial charge in [-0.2, -0.15) is 0 Å². The van der Waals surface area contributed by atoms with E-state index in [0.29, 0.717) is 12.0 Å². The van der Waals surface area contributed by atoms with Gasteiger partial charge in [0.15, 0.2) is 0 Å². The van der Waals surface area contributed by atoms with Crippen LogP contribution >= 0.6 is 0 Å². The second-order valence-corrected chi connectivity index (χ2v) is 9.55. The van der Waals surface area contributed by atoms with Crippen LogP contribution in [0.2, 0.25) is 0 Å². The SMILES string of the molecule is CC(C)Cc1cc([N+](=O)[O-])ccc1S(=O)(=O)NC[C@@H](O)[C@H](Cc1ccccc1)NC(=O)O. The molecule has 0 aliphatic rings. The molecule has 11 heteroatoms. The third-order valence-corrected chi connectivity index (χ3v) is 6.25. The molecule has 2 aromatic carbocycles. The number of aliphatic hydroxyl groups excluding tert-OH is 1. The summed E-state index contributed by atoms with van der Waals surface area (Å²) in [6, 6.07) is 11.4. The highest BCUT2D eigenvalue weighted by atomic mass is 32.2. The molecule has 0 bridgehead atoms. The fourth-order valence-electron chi connectivity index (χ4n) is 3.27. The average molecular weight is 466 g/mol. The molecule has 2 rings (SSSR count). The van der Waals surface area contributed by atoms with Crippen LogP contribution in [0.1, 0.15) is 25.0 Å². The van der Waals surface area contributed by atoms with Crippen molar-refractivity contribution in [1.82, 2.24) is 10.0 Å². The third-order valence-electron chi connectivity index (χ3n) is 4.73. The van der Waals surface area contributed by atoms with Gasteiger partial charge in [0.05, 0.1) is 22.0 Å². The summed E-state index contributed by atoms with van der Waals surface area (Å²) in [5.41, 5.74) is 0.844. The first-order valence-corrected chi connectivity index (χ1v) is 11.5. The Kier molecular flexibility index (Phi) is 8.70. The molecule has 174 valence electrons. The van der Waals surface area contributed by atoms with E-state index in [2.05, 4.69) is 10.0 Å². The molecule has 32 heavy (non-hydrogen) atoms. The highest BCUT2D eigenvalue weighted by Gasteiger charge is 2.26. The lowest BCUT2D eigenvalue weighted by Gasteiger charge is -2.23. The summed E-state index contributed by atoms with van der Waals surface area (Å²) in [4.78, 5) is 21.5. The first-order chi connectivity index (χ1) is 15.0. The Morgan fingerprint density at radius 1 is 1.12 bits per heavy atom. The number of nitro groups is 1. The number of carboxylic acid groups (broad SMARTS) is 1. The average Bonchev–Trinajstić information content (AvgIpc) is 2.71. The van der Waals surface area contributed by atoms with Crippen LogP contribution in [-0.4, -0.2) is 48.3 Å². The fourth-order valence-corrected chi connectivity index (χ4v) is 4.55. The lowest BCUT2D eigenvalue weighted by Crippen LogP contribution is -2.49. The summed E-state index contributed by atoms with van der Waals surface area (Å²) < 4.78 is 28.1. The molecule has 1 amide bonds. The van der Waals surface area contributed by atoms with Gasteiger partial charge in [0.25, 0.3) is 5.69 Å². The maximum absolute atomic E-state index is 12.9. The van der Waals surface area contributed by atoms with Gasteiger partial charge < -0.3 is 15.5 Å². The van der Waals surface area contributed by atoms with E-state index in [-0.39, 0.29) is 22.9 Å². The Balaban J connectivity index is 2.21. The van der Waals surface area contributed by atoms with Crippen LogP contribution in [0.15, 0.2) is 53.4 Å². The van der Waals surface area contributed by atoms with Crippen LogP contribution in [0.4, 0.5) is 10.5 Å². The molecule has 0 aliphatic carbocycles. The van der Waals surface area contributed by atoms with Gasteiger partial charge in [-0.05, 0) is 36.0 Å². The number of carbonyl (C=O) groups is 1. The number of nitrogens with one attached hydrogen (secondary N) is 2. The van der Waals surface area contributed by atoms with Gasteiger partial charge in [-0.3, -0.25) is 10.1 Å². The number of nitro benzene ring substituents is 1. The molecule has 0 unspecified atom stereocenters. The number of amides is 1. The molecule has 10 nitrogen and oxygen atoms in total. The van der Waals surface area contributed by atoms with Crippen molar-refractivity contribution in [3.05, 3.63) is 69.8 Å². The van der Waals surface area contributed by atoms with E-state index in [1.807, 2.05) is 13.8 Å². The van der Waals surface area contributed by atoms with Gasteiger partial charge in [0.1, 0.15) is 0 Å². The lowest BCUT2D eigenvalue weighted by molar-refractivity contribution is -0.385. The molecule has 0 aliphatic heterocycles. The smallest absolute Gasteiger partial charge is 0.404 e. The molecule has 0 aromatic heterocycles. The topological polar surface area (TPSA) is 159 Å². The quantitative estimate of drug-likeness (QED) is 0.293. The summed E-state index contributed by atoms with van der Waals surface area (Å²) in [5, 5.41) is 32.9. The molecule has 0 heterocycles. The largest absolute Gasteiger partial charge is 0.465 e. The zero-order chi connectivity index (χ0) is 23.9. The van der Waals surface area contributed by atoms with E-state index in [1.165, 1.54) is 12.1 Å². The number of non-ortho nitro benzene ring substituents is 1. The van der Waals surface area contributed by atoms with Crippen LogP contribution in [0.5, 0.6) is 0 Å². The van der Waals surface area contributed by atoms with Crippen LogP contribution in [-0.2, 0) is 22.9 Å². The molecular formula is C21H27N3O7S. The molecule has 2 atom stereocenters. The van der Waals surface area contributed by atoms with Crippen molar-refractivity contribution in [3.8, 4) is 0 Å². The minimum absolute atomic E-state index is 0.0477. The monoisotopic (exact) mass is 465 g/mol. The van der Waals surface area contributed by atoms with Gasteiger partial charge in [-0.15, -0.1) is 0 Å². The first-order valence-electron chi connectivity index (χ1n) is 9.98. The second-order valence-electron chi connectivity index (χ2n) is 7.81. The van der Waals surface area contributed by atoms with E-state index in [4.69, 9.17) is 5.11 Å². The molecular weight excluding hydrogens is 438 g/mol. The number of hydrogen-bond donors (Lipinski definition) is 4. The van der Waals surface area contributed by atoms with E-state index < -0.39 is 39.7 Å². The highest BCUT2D eigenvalue weighted by Crippen LogP contribution is 2.24. The zero-order valence-corrected chi connectivity index (χ0v) is 18.6. The zero-order valence-electron chi connectivity index (χ0n) is 17.8. The van der Waals surface area contributed by atoms with Crippen molar-refractivity contribution in [2.45, 2.75) is 43.7 Å². The van der Waals surface area contributed by atoms with Crippen LogP contribution < -0.4 is 10.0 Å². The van der Waals surface area contributed by atoms with Crippen molar-refractivity contribution >= 4 is 21.8 Å². The molecule has 0 saturated carbocycles. The van der Waals surface area contributed by atoms with E-state index in [1.54, 1.807) is 30.3 Å². The number of aliphatic hydroxyl groups is 1. The number of nitrogens with zero attached hydrogens (tertiary/aromatic N) is 1. The van der Waals surface area contributed by atoms with E-state index in [0.717, 1.165) is 11.6 Å². The minimum atomic E-state index is -4.12. The van der Waals surface area contributed by atoms with Crippen molar-refractivity contribution in [1.29, 1.82) is 0 Å². The Hall–Kier alpha value is -3.02. The Morgan fingerprint density at radius 2 is 1.78 bits per heavy atom. The van der Waals surface area contributed by atoms with Crippen LogP contribution in [0.25, 0.3) is 0 Å². The fraction of sp³-hybridized carbons (Fsp3) is 0.381. The summed E-state index contributed by atoms with van der Waals surface area (Å²) in [5.74, 6) is 0.0477. The van der Waals surface area contributed by atoms with Crippen molar-refractivity contribution in [2.75, 3.05) is 6.54 Å². The maximum atomic E-state index is 12.9. The van der Waals surface area contributed by atoms with Gasteiger partial charge in [0.2, 0.25) is 10.0 Å². The number of sulfonamides is 1. The lowest BCUT2D eigenvalue weighted by atomic mass is 10.0. The van der Waals surface area contributed by atoms with Crippen molar-refractivity contribution in [2.24, 2.45) is 5.92 Å². The first kappa shape index (κ1) is 25.2. The minimum Gasteiger partial charge on any atom is -0.465 e. The Morgan fingerprint density at radius 3 is 2.34 bits per heavy atom. The van der Waals surface area contributed by atoms with E-state index in [9.17, 15) is 28.4 Å². The molecule has 0 fully saturated rings. The summed E-state index contributed by atoms with van der Waals surface area (Å²) in [6.07, 6.45) is -2.24. The van der Waals surface area contributed by atoms with Gasteiger partial charge in [-0.1, -0.05) is 44.2 Å². The number of hydrogen-bond acceptors (Lipinski definition) is 6. The van der Waals surface area contributed by atoms with Gasteiger partial charge in [-0.25, -0.2) is 17.9 Å². The van der Waals surface area contributed by atoms with Crippen molar-refractivity contribution < 1.29 is 28.3 Å². The second kappa shape index (κ2) is 11.0. The number of rotatable bonds is 11. The summed E-state index contributed by atoms with van der Waals surface area (Å²) in [6.45, 7) is 3.27. The summed E-state index contributed by atoms with van der Waals surface area (Å²) >= 11 is 0. The van der Waals surface area contributed by atoms with E-state index >= 15 is 0 Å².